The Morgan fingerprint density at radius 2 is 2.19 bits per heavy atom. The molecule has 1 aromatic rings. The van der Waals surface area contributed by atoms with Gasteiger partial charge in [-0.25, -0.2) is 0 Å². The quantitative estimate of drug-likeness (QED) is 0.847. The molecule has 2 rings (SSSR count). The Bertz CT molecular complexity index is 367. The van der Waals surface area contributed by atoms with E-state index in [9.17, 15) is 0 Å². The van der Waals surface area contributed by atoms with E-state index < -0.39 is 8.07 Å². The zero-order valence-electron chi connectivity index (χ0n) is 10.6. The summed E-state index contributed by atoms with van der Waals surface area (Å²) in [4.78, 5) is 1.69. The summed E-state index contributed by atoms with van der Waals surface area (Å²) < 4.78 is 1.65. The Labute approximate surface area is 108 Å². The Kier molecular flexibility index (Phi) is 3.55. The molecule has 16 heavy (non-hydrogen) atoms. The Morgan fingerprint density at radius 3 is 2.75 bits per heavy atom. The molecular weight excluding hydrogens is 250 g/mol. The maximum Gasteiger partial charge on any atom is 0.0966 e. The van der Waals surface area contributed by atoms with E-state index in [0.29, 0.717) is 0 Å². The third kappa shape index (κ3) is 2.25. The Balaban J connectivity index is 2.26. The van der Waals surface area contributed by atoms with Crippen molar-refractivity contribution >= 4 is 35.7 Å². The molecule has 1 aliphatic rings. The van der Waals surface area contributed by atoms with Crippen molar-refractivity contribution in [3.63, 3.8) is 0 Å². The fourth-order valence-electron chi connectivity index (χ4n) is 1.89. The number of thiophene rings is 1. The topological polar surface area (TPSA) is 12.0 Å². The predicted molar refractivity (Wildman–Crippen MR) is 79.7 cm³/mol. The van der Waals surface area contributed by atoms with Gasteiger partial charge in [-0.1, -0.05) is 32.1 Å². The zero-order valence-corrected chi connectivity index (χ0v) is 13.2. The first-order chi connectivity index (χ1) is 7.48. The molecule has 90 valence electrons. The average molecular weight is 272 g/mol. The van der Waals surface area contributed by atoms with Crippen LogP contribution in [0.25, 0.3) is 0 Å². The average Bonchev–Trinajstić information content (AvgIpc) is 2.86. The fraction of sp³-hybridized carbons (Fsp3) is 0.667. The second-order valence-electron chi connectivity index (χ2n) is 5.21. The van der Waals surface area contributed by atoms with Gasteiger partial charge >= 0.3 is 0 Å². The Morgan fingerprint density at radius 1 is 1.44 bits per heavy atom. The van der Waals surface area contributed by atoms with Crippen molar-refractivity contribution in [3.8, 4) is 0 Å². The van der Waals surface area contributed by atoms with Gasteiger partial charge in [0.05, 0.1) is 12.9 Å². The molecule has 0 aliphatic carbocycles. The summed E-state index contributed by atoms with van der Waals surface area (Å²) in [5, 5.41) is 3.62. The monoisotopic (exact) mass is 271 g/mol. The third-order valence-electron chi connectivity index (χ3n) is 3.58. The minimum atomic E-state index is -1.13. The second kappa shape index (κ2) is 4.48. The van der Waals surface area contributed by atoms with Gasteiger partial charge in [0, 0.05) is 17.2 Å². The molecule has 0 aromatic carbocycles. The van der Waals surface area contributed by atoms with E-state index in [2.05, 4.69) is 44.4 Å². The standard InChI is InChI=1S/C12H21NS2Si/c1-5-16(3,4)11-7-6-10(15-11)12(2)13-8-9-14-12/h6-7,13H,5,8-9H2,1-4H3. The molecule has 0 saturated carbocycles. The number of hydrogen-bond donors (Lipinski definition) is 1. The first-order valence-corrected chi connectivity index (χ1v) is 11.0. The van der Waals surface area contributed by atoms with Gasteiger partial charge in [-0.15, -0.1) is 23.1 Å². The molecule has 1 atom stereocenters. The van der Waals surface area contributed by atoms with Crippen molar-refractivity contribution < 1.29 is 0 Å². The van der Waals surface area contributed by atoms with Crippen molar-refractivity contribution in [2.75, 3.05) is 12.3 Å². The largest absolute Gasteiger partial charge is 0.298 e. The lowest BCUT2D eigenvalue weighted by Crippen LogP contribution is -2.38. The minimum Gasteiger partial charge on any atom is -0.298 e. The minimum absolute atomic E-state index is 0.182. The summed E-state index contributed by atoms with van der Waals surface area (Å²) >= 11 is 4.08. The van der Waals surface area contributed by atoms with Crippen LogP contribution in [0.3, 0.4) is 0 Å². The van der Waals surface area contributed by atoms with Crippen LogP contribution in [0.5, 0.6) is 0 Å². The third-order valence-corrected chi connectivity index (χ3v) is 11.4. The van der Waals surface area contributed by atoms with Crippen LogP contribution < -0.4 is 9.82 Å². The molecule has 1 aliphatic heterocycles. The first-order valence-electron chi connectivity index (χ1n) is 5.98. The van der Waals surface area contributed by atoms with Gasteiger partial charge in [-0.3, -0.25) is 5.32 Å². The smallest absolute Gasteiger partial charge is 0.0966 e. The predicted octanol–water partition coefficient (Wildman–Crippen LogP) is 3.19. The van der Waals surface area contributed by atoms with Gasteiger partial charge in [-0.05, 0) is 17.5 Å². The molecule has 4 heteroatoms. The molecule has 1 nitrogen and oxygen atoms in total. The van der Waals surface area contributed by atoms with E-state index in [4.69, 9.17) is 0 Å². The summed E-state index contributed by atoms with van der Waals surface area (Å²) in [5.41, 5.74) is 0. The molecule has 1 saturated heterocycles. The van der Waals surface area contributed by atoms with Crippen molar-refractivity contribution in [1.82, 2.24) is 5.32 Å². The molecule has 0 spiro atoms. The lowest BCUT2D eigenvalue weighted by Gasteiger charge is -2.22. The van der Waals surface area contributed by atoms with E-state index >= 15 is 0 Å². The zero-order chi connectivity index (χ0) is 11.8. The molecular formula is C12H21NS2Si. The molecule has 1 aromatic heterocycles. The maximum atomic E-state index is 3.62. The van der Waals surface area contributed by atoms with Crippen LogP contribution >= 0.6 is 23.1 Å². The first kappa shape index (κ1) is 12.7. The highest BCUT2D eigenvalue weighted by Crippen LogP contribution is 2.39. The molecule has 1 N–H and O–H groups in total. The van der Waals surface area contributed by atoms with Crippen molar-refractivity contribution in [3.05, 3.63) is 17.0 Å². The summed E-state index contributed by atoms with van der Waals surface area (Å²) in [7, 11) is -1.13. The lowest BCUT2D eigenvalue weighted by atomic mass is 10.2. The van der Waals surface area contributed by atoms with Crippen LogP contribution in [0.2, 0.25) is 19.1 Å². The van der Waals surface area contributed by atoms with Crippen LogP contribution in [0, 0.1) is 0 Å². The number of thioether (sulfide) groups is 1. The molecule has 1 unspecified atom stereocenters. The molecule has 0 radical (unpaired) electrons. The highest BCUT2D eigenvalue weighted by atomic mass is 32.2. The number of nitrogens with one attached hydrogen (secondary N) is 1. The van der Waals surface area contributed by atoms with Crippen LogP contribution in [0.1, 0.15) is 18.7 Å². The SMILES string of the molecule is CC[Si](C)(C)c1ccc(C2(C)NCCS2)s1. The van der Waals surface area contributed by atoms with E-state index in [1.165, 1.54) is 16.7 Å². The number of rotatable bonds is 3. The molecule has 1 fully saturated rings. The summed E-state index contributed by atoms with van der Waals surface area (Å²) in [6, 6.07) is 6.06. The van der Waals surface area contributed by atoms with Gasteiger partial charge in [0.15, 0.2) is 0 Å². The van der Waals surface area contributed by atoms with E-state index in [-0.39, 0.29) is 4.87 Å². The van der Waals surface area contributed by atoms with E-state index in [1.54, 1.807) is 4.50 Å². The second-order valence-corrected chi connectivity index (χ2v) is 13.2. The molecule has 2 heterocycles. The van der Waals surface area contributed by atoms with Gasteiger partial charge in [-0.2, -0.15) is 0 Å². The number of hydrogen-bond acceptors (Lipinski definition) is 3. The maximum absolute atomic E-state index is 3.62. The Hall–Kier alpha value is 0.227. The summed E-state index contributed by atoms with van der Waals surface area (Å²) in [5.74, 6) is 1.23. The van der Waals surface area contributed by atoms with E-state index in [0.717, 1.165) is 6.54 Å². The van der Waals surface area contributed by atoms with Crippen LogP contribution in [0.15, 0.2) is 12.1 Å². The van der Waals surface area contributed by atoms with Gasteiger partial charge < -0.3 is 0 Å². The molecule has 0 bridgehead atoms. The van der Waals surface area contributed by atoms with Crippen LogP contribution in [-0.4, -0.2) is 20.4 Å². The summed E-state index contributed by atoms with van der Waals surface area (Å²) in [6.45, 7) is 10.7. The van der Waals surface area contributed by atoms with E-state index in [1.807, 2.05) is 23.1 Å². The lowest BCUT2D eigenvalue weighted by molar-refractivity contribution is 0.584. The summed E-state index contributed by atoms with van der Waals surface area (Å²) in [6.07, 6.45) is 0. The fourth-order valence-corrected chi connectivity index (χ4v) is 6.74. The highest BCUT2D eigenvalue weighted by molar-refractivity contribution is 8.00. The van der Waals surface area contributed by atoms with Crippen molar-refractivity contribution in [2.45, 2.75) is 37.9 Å². The van der Waals surface area contributed by atoms with Crippen molar-refractivity contribution in [1.29, 1.82) is 0 Å². The van der Waals surface area contributed by atoms with Gasteiger partial charge in [0.1, 0.15) is 0 Å². The van der Waals surface area contributed by atoms with Crippen molar-refractivity contribution in [2.24, 2.45) is 0 Å². The van der Waals surface area contributed by atoms with Gasteiger partial charge in [0.2, 0.25) is 0 Å². The van der Waals surface area contributed by atoms with Crippen LogP contribution in [0.4, 0.5) is 0 Å². The van der Waals surface area contributed by atoms with Crippen LogP contribution in [-0.2, 0) is 4.87 Å². The normalized spacial score (nSPS) is 26.2. The highest BCUT2D eigenvalue weighted by Gasteiger charge is 2.33. The van der Waals surface area contributed by atoms with Gasteiger partial charge in [0.25, 0.3) is 0 Å². The molecule has 0 amide bonds.